The standard InChI is InChI=1S/C12H17N3OS/c1-3-6-14-12(16)15-11-8-10(5-7-13-11)9-17-4-2/h3,5,7-8H,1,4,6,9H2,2H3,(H2,13,14,15,16). The Balaban J connectivity index is 2.52. The van der Waals surface area contributed by atoms with Crippen LogP contribution >= 0.6 is 11.8 Å². The lowest BCUT2D eigenvalue weighted by molar-refractivity contribution is 0.253. The van der Waals surface area contributed by atoms with Gasteiger partial charge in [0.15, 0.2) is 0 Å². The van der Waals surface area contributed by atoms with Crippen molar-refractivity contribution in [2.45, 2.75) is 12.7 Å². The van der Waals surface area contributed by atoms with E-state index < -0.39 is 0 Å². The minimum absolute atomic E-state index is 0.266. The van der Waals surface area contributed by atoms with E-state index in [1.165, 1.54) is 0 Å². The number of thioether (sulfide) groups is 1. The van der Waals surface area contributed by atoms with Gasteiger partial charge in [0.25, 0.3) is 0 Å². The predicted octanol–water partition coefficient (Wildman–Crippen LogP) is 2.64. The van der Waals surface area contributed by atoms with E-state index >= 15 is 0 Å². The lowest BCUT2D eigenvalue weighted by atomic mass is 10.3. The van der Waals surface area contributed by atoms with Crippen molar-refractivity contribution in [2.24, 2.45) is 0 Å². The molecular weight excluding hydrogens is 234 g/mol. The molecular formula is C12H17N3OS. The Labute approximate surface area is 106 Å². The molecule has 5 heteroatoms. The molecule has 0 atom stereocenters. The molecule has 4 nitrogen and oxygen atoms in total. The third kappa shape index (κ3) is 5.40. The number of nitrogens with zero attached hydrogens (tertiary/aromatic N) is 1. The van der Waals surface area contributed by atoms with E-state index in [2.05, 4.69) is 29.1 Å². The summed E-state index contributed by atoms with van der Waals surface area (Å²) in [6, 6.07) is 3.57. The molecule has 0 radical (unpaired) electrons. The normalized spacial score (nSPS) is 9.71. The van der Waals surface area contributed by atoms with E-state index in [0.717, 1.165) is 17.1 Å². The summed E-state index contributed by atoms with van der Waals surface area (Å²) in [6.07, 6.45) is 3.33. The zero-order chi connectivity index (χ0) is 12.5. The van der Waals surface area contributed by atoms with Crippen LogP contribution in [-0.2, 0) is 5.75 Å². The van der Waals surface area contributed by atoms with E-state index in [-0.39, 0.29) is 6.03 Å². The fraction of sp³-hybridized carbons (Fsp3) is 0.333. The second-order valence-electron chi connectivity index (χ2n) is 3.31. The molecule has 1 rings (SSSR count). The predicted molar refractivity (Wildman–Crippen MR) is 73.3 cm³/mol. The molecule has 0 unspecified atom stereocenters. The summed E-state index contributed by atoms with van der Waals surface area (Å²) in [5.41, 5.74) is 1.16. The maximum atomic E-state index is 11.4. The smallest absolute Gasteiger partial charge is 0.320 e. The summed E-state index contributed by atoms with van der Waals surface area (Å²) >= 11 is 1.83. The lowest BCUT2D eigenvalue weighted by Crippen LogP contribution is -2.28. The van der Waals surface area contributed by atoms with Crippen LogP contribution in [0.3, 0.4) is 0 Å². The molecule has 0 saturated heterocycles. The highest BCUT2D eigenvalue weighted by Gasteiger charge is 2.02. The molecule has 1 aromatic rings. The van der Waals surface area contributed by atoms with Crippen molar-refractivity contribution in [1.29, 1.82) is 0 Å². The Bertz CT molecular complexity index is 382. The van der Waals surface area contributed by atoms with Gasteiger partial charge in [-0.2, -0.15) is 11.8 Å². The SMILES string of the molecule is C=CCNC(=O)Nc1cc(CSCC)ccn1. The van der Waals surface area contributed by atoms with Crippen molar-refractivity contribution in [3.05, 3.63) is 36.5 Å². The molecule has 0 bridgehead atoms. The van der Waals surface area contributed by atoms with Gasteiger partial charge in [0.05, 0.1) is 0 Å². The number of anilines is 1. The highest BCUT2D eigenvalue weighted by atomic mass is 32.2. The number of hydrogen-bond donors (Lipinski definition) is 2. The van der Waals surface area contributed by atoms with Gasteiger partial charge in [-0.3, -0.25) is 5.32 Å². The highest BCUT2D eigenvalue weighted by Crippen LogP contribution is 2.13. The Morgan fingerprint density at radius 2 is 2.47 bits per heavy atom. The molecule has 0 aliphatic rings. The van der Waals surface area contributed by atoms with Gasteiger partial charge < -0.3 is 5.32 Å². The molecule has 17 heavy (non-hydrogen) atoms. The number of pyridine rings is 1. The number of aromatic nitrogens is 1. The lowest BCUT2D eigenvalue weighted by Gasteiger charge is -2.06. The van der Waals surface area contributed by atoms with Crippen LogP contribution < -0.4 is 10.6 Å². The van der Waals surface area contributed by atoms with E-state index in [1.807, 2.05) is 23.9 Å². The molecule has 0 spiro atoms. The maximum Gasteiger partial charge on any atom is 0.320 e. The summed E-state index contributed by atoms with van der Waals surface area (Å²) in [6.45, 7) is 6.09. The van der Waals surface area contributed by atoms with Gasteiger partial charge in [-0.05, 0) is 23.4 Å². The van der Waals surface area contributed by atoms with Gasteiger partial charge in [0.2, 0.25) is 0 Å². The van der Waals surface area contributed by atoms with Crippen LogP contribution in [0.2, 0.25) is 0 Å². The van der Waals surface area contributed by atoms with Gasteiger partial charge in [-0.15, -0.1) is 6.58 Å². The number of nitrogens with one attached hydrogen (secondary N) is 2. The highest BCUT2D eigenvalue weighted by molar-refractivity contribution is 7.98. The monoisotopic (exact) mass is 251 g/mol. The van der Waals surface area contributed by atoms with Gasteiger partial charge in [0, 0.05) is 18.5 Å². The number of amides is 2. The van der Waals surface area contributed by atoms with Crippen LogP contribution in [0.1, 0.15) is 12.5 Å². The molecule has 1 aromatic heterocycles. The van der Waals surface area contributed by atoms with Crippen molar-refractivity contribution in [2.75, 3.05) is 17.6 Å². The molecule has 0 saturated carbocycles. The van der Waals surface area contributed by atoms with Gasteiger partial charge in [-0.25, -0.2) is 9.78 Å². The Morgan fingerprint density at radius 3 is 3.18 bits per heavy atom. The minimum atomic E-state index is -0.266. The third-order valence-electron chi connectivity index (χ3n) is 1.95. The first-order chi connectivity index (χ1) is 8.26. The summed E-state index contributed by atoms with van der Waals surface area (Å²) in [7, 11) is 0. The first kappa shape index (κ1) is 13.6. The number of carbonyl (C=O) groups is 1. The van der Waals surface area contributed by atoms with Crippen LogP contribution in [0.25, 0.3) is 0 Å². The second kappa shape index (κ2) is 7.73. The minimum Gasteiger partial charge on any atom is -0.334 e. The zero-order valence-electron chi connectivity index (χ0n) is 9.90. The van der Waals surface area contributed by atoms with E-state index in [4.69, 9.17) is 0 Å². The van der Waals surface area contributed by atoms with Crippen molar-refractivity contribution < 1.29 is 4.79 Å². The van der Waals surface area contributed by atoms with Crippen molar-refractivity contribution in [1.82, 2.24) is 10.3 Å². The Kier molecular flexibility index (Phi) is 6.17. The summed E-state index contributed by atoms with van der Waals surface area (Å²) in [5.74, 6) is 2.58. The van der Waals surface area contributed by atoms with Crippen molar-refractivity contribution >= 4 is 23.6 Å². The zero-order valence-corrected chi connectivity index (χ0v) is 10.7. The third-order valence-corrected chi connectivity index (χ3v) is 2.89. The second-order valence-corrected chi connectivity index (χ2v) is 4.58. The Hall–Kier alpha value is -1.49. The number of urea groups is 1. The molecule has 92 valence electrons. The average molecular weight is 251 g/mol. The largest absolute Gasteiger partial charge is 0.334 e. The number of carbonyl (C=O) groups excluding carboxylic acids is 1. The molecule has 0 fully saturated rings. The molecule has 0 aliphatic carbocycles. The van der Waals surface area contributed by atoms with Crippen LogP contribution in [0.4, 0.5) is 10.6 Å². The fourth-order valence-corrected chi connectivity index (χ4v) is 1.80. The summed E-state index contributed by atoms with van der Waals surface area (Å²) < 4.78 is 0. The van der Waals surface area contributed by atoms with Crippen LogP contribution in [-0.4, -0.2) is 23.3 Å². The van der Waals surface area contributed by atoms with Gasteiger partial charge >= 0.3 is 6.03 Å². The Morgan fingerprint density at radius 1 is 1.65 bits per heavy atom. The topological polar surface area (TPSA) is 54.0 Å². The van der Waals surface area contributed by atoms with Gasteiger partial charge in [0.1, 0.15) is 5.82 Å². The first-order valence-corrected chi connectivity index (χ1v) is 6.60. The maximum absolute atomic E-state index is 11.4. The molecule has 0 aromatic carbocycles. The summed E-state index contributed by atoms with van der Waals surface area (Å²) in [5, 5.41) is 5.31. The average Bonchev–Trinajstić information content (AvgIpc) is 2.34. The van der Waals surface area contributed by atoms with Crippen LogP contribution in [0.5, 0.6) is 0 Å². The molecule has 1 heterocycles. The molecule has 2 N–H and O–H groups in total. The first-order valence-electron chi connectivity index (χ1n) is 5.44. The molecule has 2 amide bonds. The van der Waals surface area contributed by atoms with Gasteiger partial charge in [-0.1, -0.05) is 13.0 Å². The van der Waals surface area contributed by atoms with Crippen molar-refractivity contribution in [3.8, 4) is 0 Å². The fourth-order valence-electron chi connectivity index (χ4n) is 1.18. The van der Waals surface area contributed by atoms with Crippen LogP contribution in [0.15, 0.2) is 31.0 Å². The van der Waals surface area contributed by atoms with E-state index in [1.54, 1.807) is 12.3 Å². The molecule has 0 aliphatic heterocycles. The number of hydrogen-bond acceptors (Lipinski definition) is 3. The summed E-state index contributed by atoms with van der Waals surface area (Å²) in [4.78, 5) is 15.5. The number of rotatable bonds is 6. The van der Waals surface area contributed by atoms with E-state index in [0.29, 0.717) is 12.4 Å². The van der Waals surface area contributed by atoms with E-state index in [9.17, 15) is 4.79 Å². The quantitative estimate of drug-likeness (QED) is 0.764. The van der Waals surface area contributed by atoms with Crippen LogP contribution in [0, 0.1) is 0 Å². The van der Waals surface area contributed by atoms with Crippen molar-refractivity contribution in [3.63, 3.8) is 0 Å².